The molecule has 3 atom stereocenters. The van der Waals surface area contributed by atoms with Gasteiger partial charge in [-0.05, 0) is 51.4 Å². The number of aliphatic hydroxyl groups is 1. The quantitative estimate of drug-likeness (QED) is 0.0347. The smallest absolute Gasteiger partial charge is 0.268 e. The van der Waals surface area contributed by atoms with Crippen molar-refractivity contribution in [2.75, 3.05) is 40.9 Å². The number of hydrogen-bond donors (Lipinski definition) is 2. The predicted octanol–water partition coefficient (Wildman–Crippen LogP) is 8.10. The number of amides is 1. The Labute approximate surface area is 281 Å². The van der Waals surface area contributed by atoms with E-state index < -0.39 is 26.6 Å². The molecule has 0 saturated carbocycles. The lowest BCUT2D eigenvalue weighted by Crippen LogP contribution is -2.45. The van der Waals surface area contributed by atoms with Crippen LogP contribution in [0.2, 0.25) is 0 Å². The van der Waals surface area contributed by atoms with Crippen molar-refractivity contribution in [1.82, 2.24) is 5.32 Å². The molecule has 0 radical (unpaired) electrons. The number of carbonyl (C=O) groups is 1. The van der Waals surface area contributed by atoms with Gasteiger partial charge in [0.15, 0.2) is 0 Å². The highest BCUT2D eigenvalue weighted by molar-refractivity contribution is 7.45. The summed E-state index contributed by atoms with van der Waals surface area (Å²) in [5, 5.41) is 13.3. The number of rotatable bonds is 30. The lowest BCUT2D eigenvalue weighted by atomic mass is 10.1. The highest BCUT2D eigenvalue weighted by atomic mass is 31.2. The van der Waals surface area contributed by atoms with Gasteiger partial charge in [-0.15, -0.1) is 0 Å². The molecule has 8 nitrogen and oxygen atoms in total. The molecule has 0 fully saturated rings. The molecule has 0 aliphatic heterocycles. The molecule has 0 heterocycles. The van der Waals surface area contributed by atoms with E-state index >= 15 is 0 Å². The molecular weight excluding hydrogens is 599 g/mol. The first-order valence-corrected chi connectivity index (χ1v) is 19.1. The topological polar surface area (TPSA) is 108 Å². The number of aliphatic hydroxyl groups excluding tert-OH is 1. The number of phosphoric acid groups is 1. The van der Waals surface area contributed by atoms with Crippen molar-refractivity contribution in [2.24, 2.45) is 0 Å². The molecule has 266 valence electrons. The molecule has 0 aliphatic carbocycles. The van der Waals surface area contributed by atoms with Crippen LogP contribution in [0.3, 0.4) is 0 Å². The third kappa shape index (κ3) is 30.8. The standard InChI is InChI=1S/C37H67N2O6P/c1-6-8-10-11-12-13-14-15-16-17-18-19-20-21-22-23-24-25-26-27-29-31-37(41)38-35(36(40)30-28-9-7-2)34-45-46(42,43)44-33-32-39(3,4)5/h8,10,12-13,15-16,18-19,28,30,35-36,40H,6-7,9,11,14,17,20-27,29,31-34H2,1-5H3,(H-,38,41,42,43)/b10-8-,13-12-,16-15-,19-18-,30-28+. The first kappa shape index (κ1) is 44.2. The van der Waals surface area contributed by atoms with E-state index in [4.69, 9.17) is 9.05 Å². The van der Waals surface area contributed by atoms with E-state index in [1.807, 2.05) is 34.1 Å². The second-order valence-electron chi connectivity index (χ2n) is 12.8. The van der Waals surface area contributed by atoms with Crippen LogP contribution in [0.25, 0.3) is 0 Å². The lowest BCUT2D eigenvalue weighted by molar-refractivity contribution is -0.870. The average molecular weight is 667 g/mol. The monoisotopic (exact) mass is 666 g/mol. The molecule has 0 rings (SSSR count). The number of phosphoric ester groups is 1. The first-order valence-electron chi connectivity index (χ1n) is 17.7. The van der Waals surface area contributed by atoms with Gasteiger partial charge >= 0.3 is 0 Å². The summed E-state index contributed by atoms with van der Waals surface area (Å²) >= 11 is 0. The zero-order valence-electron chi connectivity index (χ0n) is 29.7. The SMILES string of the molecule is CC/C=C\C/C=C\C/C=C\C/C=C\CCCCCCCCCCC(=O)NC(COP(=O)([O-])OCC[N+](C)(C)C)C(O)/C=C/CCC. The molecule has 3 unspecified atom stereocenters. The zero-order valence-corrected chi connectivity index (χ0v) is 30.6. The van der Waals surface area contributed by atoms with Crippen LogP contribution in [0, 0.1) is 0 Å². The molecule has 0 spiro atoms. The highest BCUT2D eigenvalue weighted by Crippen LogP contribution is 2.38. The van der Waals surface area contributed by atoms with Gasteiger partial charge in [0.25, 0.3) is 7.82 Å². The molecule has 0 saturated heterocycles. The molecule has 0 aromatic rings. The fraction of sp³-hybridized carbons (Fsp3) is 0.703. The van der Waals surface area contributed by atoms with Gasteiger partial charge in [0, 0.05) is 6.42 Å². The molecule has 9 heteroatoms. The van der Waals surface area contributed by atoms with Gasteiger partial charge in [0.1, 0.15) is 13.2 Å². The van der Waals surface area contributed by atoms with Gasteiger partial charge in [0.05, 0.1) is 39.9 Å². The van der Waals surface area contributed by atoms with E-state index in [1.165, 1.54) is 25.7 Å². The van der Waals surface area contributed by atoms with Gasteiger partial charge in [-0.2, -0.15) is 0 Å². The Bertz CT molecular complexity index is 939. The van der Waals surface area contributed by atoms with Gasteiger partial charge in [-0.3, -0.25) is 9.36 Å². The Morgan fingerprint density at radius 2 is 1.33 bits per heavy atom. The Balaban J connectivity index is 4.13. The Morgan fingerprint density at radius 1 is 0.783 bits per heavy atom. The van der Waals surface area contributed by atoms with Crippen LogP contribution < -0.4 is 10.2 Å². The minimum absolute atomic E-state index is 0.00765. The molecule has 46 heavy (non-hydrogen) atoms. The summed E-state index contributed by atoms with van der Waals surface area (Å²) in [6, 6.07) is -0.887. The second kappa shape index (κ2) is 29.3. The van der Waals surface area contributed by atoms with E-state index in [0.717, 1.165) is 70.6 Å². The van der Waals surface area contributed by atoms with Crippen LogP contribution in [-0.2, 0) is 18.4 Å². The summed E-state index contributed by atoms with van der Waals surface area (Å²) < 4.78 is 22.8. The third-order valence-electron chi connectivity index (χ3n) is 7.21. The fourth-order valence-corrected chi connectivity index (χ4v) is 5.11. The van der Waals surface area contributed by atoms with Crippen LogP contribution in [0.1, 0.15) is 117 Å². The number of nitrogens with one attached hydrogen (secondary N) is 1. The largest absolute Gasteiger partial charge is 0.756 e. The van der Waals surface area contributed by atoms with Crippen molar-refractivity contribution in [3.05, 3.63) is 60.8 Å². The highest BCUT2D eigenvalue weighted by Gasteiger charge is 2.23. The van der Waals surface area contributed by atoms with Crippen molar-refractivity contribution in [3.8, 4) is 0 Å². The van der Waals surface area contributed by atoms with Crippen molar-refractivity contribution in [3.63, 3.8) is 0 Å². The number of carbonyl (C=O) groups excluding carboxylic acids is 1. The number of quaternary nitrogens is 1. The van der Waals surface area contributed by atoms with Gasteiger partial charge < -0.3 is 28.8 Å². The van der Waals surface area contributed by atoms with Gasteiger partial charge in [-0.1, -0.05) is 120 Å². The van der Waals surface area contributed by atoms with E-state index in [9.17, 15) is 19.4 Å². The molecule has 2 N–H and O–H groups in total. The van der Waals surface area contributed by atoms with Crippen molar-refractivity contribution < 1.29 is 32.9 Å². The van der Waals surface area contributed by atoms with E-state index in [-0.39, 0.29) is 12.5 Å². The summed E-state index contributed by atoms with van der Waals surface area (Å²) in [7, 11) is 1.23. The minimum atomic E-state index is -4.56. The number of unbranched alkanes of at least 4 members (excludes halogenated alkanes) is 9. The number of nitrogens with zero attached hydrogens (tertiary/aromatic N) is 1. The number of allylic oxidation sites excluding steroid dienone is 9. The second-order valence-corrected chi connectivity index (χ2v) is 14.3. The average Bonchev–Trinajstić information content (AvgIpc) is 2.99. The molecule has 0 aliphatic rings. The summed E-state index contributed by atoms with van der Waals surface area (Å²) in [5.74, 6) is -0.223. The van der Waals surface area contributed by atoms with Crippen molar-refractivity contribution in [2.45, 2.75) is 129 Å². The maximum Gasteiger partial charge on any atom is 0.268 e. The summed E-state index contributed by atoms with van der Waals surface area (Å²) in [6.07, 6.45) is 36.3. The summed E-state index contributed by atoms with van der Waals surface area (Å²) in [6.45, 7) is 4.26. The van der Waals surface area contributed by atoms with Crippen LogP contribution in [0.5, 0.6) is 0 Å². The van der Waals surface area contributed by atoms with Crippen LogP contribution >= 0.6 is 7.82 Å². The van der Waals surface area contributed by atoms with E-state index in [0.29, 0.717) is 17.4 Å². The number of likely N-dealkylation sites (N-methyl/N-ethyl adjacent to an activating group) is 1. The van der Waals surface area contributed by atoms with Crippen molar-refractivity contribution in [1.29, 1.82) is 0 Å². The number of hydrogen-bond acceptors (Lipinski definition) is 6. The molecule has 0 aromatic heterocycles. The van der Waals surface area contributed by atoms with Crippen LogP contribution in [-0.4, -0.2) is 68.5 Å². The Morgan fingerprint density at radius 3 is 1.89 bits per heavy atom. The van der Waals surface area contributed by atoms with Crippen molar-refractivity contribution >= 4 is 13.7 Å². The Hall–Kier alpha value is -1.80. The minimum Gasteiger partial charge on any atom is -0.756 e. The van der Waals surface area contributed by atoms with Gasteiger partial charge in [0.2, 0.25) is 5.91 Å². The van der Waals surface area contributed by atoms with E-state index in [2.05, 4.69) is 60.8 Å². The Kier molecular flexibility index (Phi) is 28.2. The predicted molar refractivity (Wildman–Crippen MR) is 191 cm³/mol. The normalized spacial score (nSPS) is 15.5. The summed E-state index contributed by atoms with van der Waals surface area (Å²) in [5.41, 5.74) is 0. The fourth-order valence-electron chi connectivity index (χ4n) is 4.38. The zero-order chi connectivity index (χ0) is 34.4. The molecular formula is C37H67N2O6P. The van der Waals surface area contributed by atoms with Gasteiger partial charge in [-0.25, -0.2) is 0 Å². The molecule has 1 amide bonds. The third-order valence-corrected chi connectivity index (χ3v) is 8.18. The molecule has 0 aromatic carbocycles. The molecule has 0 bridgehead atoms. The summed E-state index contributed by atoms with van der Waals surface area (Å²) in [4.78, 5) is 24.8. The van der Waals surface area contributed by atoms with E-state index in [1.54, 1.807) is 6.08 Å². The lowest BCUT2D eigenvalue weighted by Gasteiger charge is -2.29. The maximum atomic E-state index is 12.6. The first-order chi connectivity index (χ1) is 22.0. The van der Waals surface area contributed by atoms with Crippen LogP contribution in [0.4, 0.5) is 0 Å². The van der Waals surface area contributed by atoms with Crippen LogP contribution in [0.15, 0.2) is 60.8 Å². The maximum absolute atomic E-state index is 12.6.